The molecule has 2 nitrogen and oxygen atoms in total. The average Bonchev–Trinajstić information content (AvgIpc) is 2.10. The number of nitrogens with one attached hydrogen (secondary N) is 1. The van der Waals surface area contributed by atoms with Gasteiger partial charge in [0.2, 0.25) is 0 Å². The predicted octanol–water partition coefficient (Wildman–Crippen LogP) is 2.34. The molecule has 1 N–H and O–H groups in total. The molecule has 0 amide bonds. The second kappa shape index (κ2) is 5.56. The lowest BCUT2D eigenvalue weighted by Gasteiger charge is -2.35. The minimum absolute atomic E-state index is 0.0235. The monoisotopic (exact) mass is 213 g/mol. The van der Waals surface area contributed by atoms with Gasteiger partial charge in [-0.3, -0.25) is 0 Å². The minimum atomic E-state index is -4.27. The van der Waals surface area contributed by atoms with Gasteiger partial charge in [0, 0.05) is 7.11 Å². The van der Waals surface area contributed by atoms with Gasteiger partial charge in [-0.2, -0.15) is 13.2 Å². The van der Waals surface area contributed by atoms with Gasteiger partial charge in [-0.15, -0.1) is 0 Å². The van der Waals surface area contributed by atoms with Crippen molar-refractivity contribution in [1.29, 1.82) is 0 Å². The van der Waals surface area contributed by atoms with Crippen molar-refractivity contribution in [3.63, 3.8) is 0 Å². The third kappa shape index (κ3) is 3.13. The molecule has 0 aromatic carbocycles. The zero-order valence-electron chi connectivity index (χ0n) is 8.87. The molecule has 0 aromatic rings. The Bertz CT molecular complexity index is 161. The van der Waals surface area contributed by atoms with Crippen molar-refractivity contribution in [3.05, 3.63) is 0 Å². The summed E-state index contributed by atoms with van der Waals surface area (Å²) in [6, 6.07) is 0. The first kappa shape index (κ1) is 13.7. The molecule has 0 bridgehead atoms. The molecule has 0 radical (unpaired) electrons. The molecule has 1 atom stereocenters. The molecule has 14 heavy (non-hydrogen) atoms. The zero-order chi connectivity index (χ0) is 11.2. The van der Waals surface area contributed by atoms with E-state index in [-0.39, 0.29) is 13.0 Å². The molecule has 0 aliphatic heterocycles. The van der Waals surface area contributed by atoms with E-state index in [4.69, 9.17) is 0 Å². The highest BCUT2D eigenvalue weighted by Gasteiger charge is 2.53. The standard InChI is InChI=1S/C9H18F3NO/c1-4-6-13-8(5-2,7-14-3)9(10,11)12/h13H,4-7H2,1-3H3. The molecule has 0 aliphatic rings. The van der Waals surface area contributed by atoms with Crippen LogP contribution in [0.5, 0.6) is 0 Å². The summed E-state index contributed by atoms with van der Waals surface area (Å²) in [5.74, 6) is 0. The topological polar surface area (TPSA) is 21.3 Å². The highest BCUT2D eigenvalue weighted by molar-refractivity contribution is 4.93. The number of ether oxygens (including phenoxy) is 1. The van der Waals surface area contributed by atoms with Crippen molar-refractivity contribution in [3.8, 4) is 0 Å². The fraction of sp³-hybridized carbons (Fsp3) is 1.00. The maximum atomic E-state index is 12.7. The second-order valence-corrected chi connectivity index (χ2v) is 3.29. The van der Waals surface area contributed by atoms with Crippen molar-refractivity contribution < 1.29 is 17.9 Å². The van der Waals surface area contributed by atoms with E-state index in [0.717, 1.165) is 0 Å². The van der Waals surface area contributed by atoms with Crippen LogP contribution in [0.3, 0.4) is 0 Å². The Labute approximate surface area is 82.8 Å². The summed E-state index contributed by atoms with van der Waals surface area (Å²) in [7, 11) is 1.28. The van der Waals surface area contributed by atoms with Crippen LogP contribution in [-0.4, -0.2) is 32.0 Å². The Morgan fingerprint density at radius 3 is 2.07 bits per heavy atom. The summed E-state index contributed by atoms with van der Waals surface area (Å²) in [6.07, 6.45) is -3.63. The molecule has 5 heteroatoms. The van der Waals surface area contributed by atoms with Crippen molar-refractivity contribution >= 4 is 0 Å². The van der Waals surface area contributed by atoms with Crippen molar-refractivity contribution in [2.45, 2.75) is 38.4 Å². The molecular weight excluding hydrogens is 195 g/mol. The molecule has 0 aliphatic carbocycles. The average molecular weight is 213 g/mol. The molecule has 0 rings (SSSR count). The van der Waals surface area contributed by atoms with Gasteiger partial charge >= 0.3 is 6.18 Å². The number of hydrogen-bond donors (Lipinski definition) is 1. The molecule has 0 saturated heterocycles. The fourth-order valence-electron chi connectivity index (χ4n) is 1.27. The molecular formula is C9H18F3NO. The summed E-state index contributed by atoms with van der Waals surface area (Å²) >= 11 is 0. The van der Waals surface area contributed by atoms with Crippen LogP contribution < -0.4 is 5.32 Å². The maximum Gasteiger partial charge on any atom is 0.408 e. The number of alkyl halides is 3. The van der Waals surface area contributed by atoms with Gasteiger partial charge in [0.1, 0.15) is 5.54 Å². The van der Waals surface area contributed by atoms with Crippen LogP contribution in [-0.2, 0) is 4.74 Å². The smallest absolute Gasteiger partial charge is 0.382 e. The summed E-state index contributed by atoms with van der Waals surface area (Å²) in [6.45, 7) is 3.34. The van der Waals surface area contributed by atoms with Crippen LogP contribution in [0.4, 0.5) is 13.2 Å². The minimum Gasteiger partial charge on any atom is -0.382 e. The summed E-state index contributed by atoms with van der Waals surface area (Å²) in [5.41, 5.74) is -1.89. The van der Waals surface area contributed by atoms with E-state index in [1.807, 2.05) is 6.92 Å². The van der Waals surface area contributed by atoms with Gasteiger partial charge < -0.3 is 10.1 Å². The molecule has 0 fully saturated rings. The highest BCUT2D eigenvalue weighted by Crippen LogP contribution is 2.33. The van der Waals surface area contributed by atoms with Crippen molar-refractivity contribution in [2.75, 3.05) is 20.3 Å². The van der Waals surface area contributed by atoms with E-state index >= 15 is 0 Å². The van der Waals surface area contributed by atoms with Crippen LogP contribution >= 0.6 is 0 Å². The number of halogens is 3. The van der Waals surface area contributed by atoms with Gasteiger partial charge in [-0.1, -0.05) is 13.8 Å². The Morgan fingerprint density at radius 1 is 1.21 bits per heavy atom. The third-order valence-electron chi connectivity index (χ3n) is 2.25. The van der Waals surface area contributed by atoms with E-state index < -0.39 is 11.7 Å². The van der Waals surface area contributed by atoms with Gasteiger partial charge in [-0.25, -0.2) is 0 Å². The lowest BCUT2D eigenvalue weighted by molar-refractivity contribution is -0.210. The molecule has 0 saturated carbocycles. The van der Waals surface area contributed by atoms with Crippen molar-refractivity contribution in [1.82, 2.24) is 5.32 Å². The van der Waals surface area contributed by atoms with E-state index in [2.05, 4.69) is 10.1 Å². The Kier molecular flexibility index (Phi) is 5.44. The zero-order valence-corrected chi connectivity index (χ0v) is 8.87. The lowest BCUT2D eigenvalue weighted by Crippen LogP contribution is -2.59. The molecule has 0 aromatic heterocycles. The van der Waals surface area contributed by atoms with Gasteiger partial charge in [0.15, 0.2) is 0 Å². The predicted molar refractivity (Wildman–Crippen MR) is 49.2 cm³/mol. The van der Waals surface area contributed by atoms with E-state index in [9.17, 15) is 13.2 Å². The van der Waals surface area contributed by atoms with Crippen LogP contribution in [0.2, 0.25) is 0 Å². The summed E-state index contributed by atoms with van der Waals surface area (Å²) < 4.78 is 42.9. The molecule has 0 heterocycles. The second-order valence-electron chi connectivity index (χ2n) is 3.29. The largest absolute Gasteiger partial charge is 0.408 e. The first-order chi connectivity index (χ1) is 6.43. The Morgan fingerprint density at radius 2 is 1.79 bits per heavy atom. The quantitative estimate of drug-likeness (QED) is 0.731. The van der Waals surface area contributed by atoms with Gasteiger partial charge in [-0.05, 0) is 19.4 Å². The Hall–Kier alpha value is -0.290. The summed E-state index contributed by atoms with van der Waals surface area (Å²) in [5, 5.41) is 2.52. The molecule has 86 valence electrons. The van der Waals surface area contributed by atoms with Crippen LogP contribution in [0, 0.1) is 0 Å². The molecule has 0 spiro atoms. The first-order valence-electron chi connectivity index (χ1n) is 4.74. The van der Waals surface area contributed by atoms with E-state index in [1.54, 1.807) is 0 Å². The SMILES string of the molecule is CCCNC(CC)(COC)C(F)(F)F. The number of hydrogen-bond acceptors (Lipinski definition) is 2. The first-order valence-corrected chi connectivity index (χ1v) is 4.74. The number of rotatable bonds is 6. The van der Waals surface area contributed by atoms with Gasteiger partial charge in [0.25, 0.3) is 0 Å². The maximum absolute atomic E-state index is 12.7. The highest BCUT2D eigenvalue weighted by atomic mass is 19.4. The summed E-state index contributed by atoms with van der Waals surface area (Å²) in [4.78, 5) is 0. The Balaban J connectivity index is 4.60. The third-order valence-corrected chi connectivity index (χ3v) is 2.25. The van der Waals surface area contributed by atoms with E-state index in [1.165, 1.54) is 14.0 Å². The van der Waals surface area contributed by atoms with E-state index in [0.29, 0.717) is 13.0 Å². The fourth-order valence-corrected chi connectivity index (χ4v) is 1.27. The van der Waals surface area contributed by atoms with Crippen LogP contribution in [0.25, 0.3) is 0 Å². The number of methoxy groups -OCH3 is 1. The molecule has 1 unspecified atom stereocenters. The van der Waals surface area contributed by atoms with Crippen molar-refractivity contribution in [2.24, 2.45) is 0 Å². The normalized spacial score (nSPS) is 16.7. The lowest BCUT2D eigenvalue weighted by atomic mass is 9.96. The van der Waals surface area contributed by atoms with Crippen LogP contribution in [0.15, 0.2) is 0 Å². The van der Waals surface area contributed by atoms with Gasteiger partial charge in [0.05, 0.1) is 6.61 Å². The van der Waals surface area contributed by atoms with Crippen LogP contribution in [0.1, 0.15) is 26.7 Å².